The zero-order valence-electron chi connectivity index (χ0n) is 11.7. The average Bonchev–Trinajstić information content (AvgIpc) is 2.96. The lowest BCUT2D eigenvalue weighted by Crippen LogP contribution is -2.51. The molecule has 1 aliphatic carbocycles. The van der Waals surface area contributed by atoms with Gasteiger partial charge in [0.1, 0.15) is 0 Å². The van der Waals surface area contributed by atoms with E-state index in [2.05, 4.69) is 5.32 Å². The Bertz CT molecular complexity index is 506. The van der Waals surface area contributed by atoms with Gasteiger partial charge in [0.15, 0.2) is 0 Å². The third-order valence-electron chi connectivity index (χ3n) is 3.89. The van der Waals surface area contributed by atoms with Gasteiger partial charge in [-0.1, -0.05) is 24.2 Å². The van der Waals surface area contributed by atoms with Gasteiger partial charge in [-0.05, 0) is 19.8 Å². The van der Waals surface area contributed by atoms with Crippen LogP contribution in [0.25, 0.3) is 0 Å². The van der Waals surface area contributed by atoms with E-state index in [-0.39, 0.29) is 28.7 Å². The zero-order valence-corrected chi connectivity index (χ0v) is 13.3. The number of carbonyl (C=O) groups is 1. The summed E-state index contributed by atoms with van der Waals surface area (Å²) in [7, 11) is 0. The van der Waals surface area contributed by atoms with E-state index in [0.717, 1.165) is 31.4 Å². The molecule has 20 heavy (non-hydrogen) atoms. The molecule has 1 fully saturated rings. The maximum atomic E-state index is 12.0. The molecule has 0 aromatic carbocycles. The smallest absolute Gasteiger partial charge is 0.307 e. The number of halogens is 1. The van der Waals surface area contributed by atoms with Crippen LogP contribution < -0.4 is 15.9 Å². The molecule has 1 heterocycles. The van der Waals surface area contributed by atoms with Crippen LogP contribution in [0, 0.1) is 6.92 Å². The van der Waals surface area contributed by atoms with Crippen molar-refractivity contribution in [1.29, 1.82) is 0 Å². The quantitative estimate of drug-likeness (QED) is 0.861. The third-order valence-corrected chi connectivity index (χ3v) is 4.78. The van der Waals surface area contributed by atoms with Crippen molar-refractivity contribution in [3.8, 4) is 0 Å². The molecule has 114 valence electrons. The molecule has 1 aromatic heterocycles. The first-order valence-electron chi connectivity index (χ1n) is 6.72. The van der Waals surface area contributed by atoms with Gasteiger partial charge in [-0.15, -0.1) is 12.4 Å². The Hall–Kier alpha value is -0.850. The highest BCUT2D eigenvalue weighted by Crippen LogP contribution is 2.28. The Morgan fingerprint density at radius 3 is 2.65 bits per heavy atom. The summed E-state index contributed by atoms with van der Waals surface area (Å²) in [6, 6.07) is 0. The number of carbonyl (C=O) groups excluding carboxylic acids is 1. The Labute approximate surface area is 129 Å². The fourth-order valence-corrected chi connectivity index (χ4v) is 3.44. The van der Waals surface area contributed by atoms with Crippen LogP contribution in [0.4, 0.5) is 0 Å². The average molecular weight is 320 g/mol. The van der Waals surface area contributed by atoms with Crippen molar-refractivity contribution >= 4 is 29.7 Å². The van der Waals surface area contributed by atoms with Crippen LogP contribution >= 0.6 is 23.7 Å². The first-order chi connectivity index (χ1) is 9.06. The second kappa shape index (κ2) is 7.24. The number of hydrogen-bond acceptors (Lipinski definition) is 4. The summed E-state index contributed by atoms with van der Waals surface area (Å²) in [6.45, 7) is 2.82. The fourth-order valence-electron chi connectivity index (χ4n) is 2.68. The first-order valence-corrected chi connectivity index (χ1v) is 7.60. The van der Waals surface area contributed by atoms with Crippen molar-refractivity contribution in [3.05, 3.63) is 20.7 Å². The third kappa shape index (κ3) is 3.84. The molecule has 0 bridgehead atoms. The lowest BCUT2D eigenvalue weighted by atomic mass is 9.97. The Balaban J connectivity index is 0.00000200. The van der Waals surface area contributed by atoms with Crippen molar-refractivity contribution in [3.63, 3.8) is 0 Å². The summed E-state index contributed by atoms with van der Waals surface area (Å²) in [4.78, 5) is 23.5. The van der Waals surface area contributed by atoms with Crippen LogP contribution in [0.15, 0.2) is 10.2 Å². The lowest BCUT2D eigenvalue weighted by molar-refractivity contribution is -0.123. The molecule has 7 heteroatoms. The van der Waals surface area contributed by atoms with Gasteiger partial charge in [0.2, 0.25) is 5.91 Å². The molecule has 1 aliphatic rings. The van der Waals surface area contributed by atoms with E-state index in [1.165, 1.54) is 11.3 Å². The van der Waals surface area contributed by atoms with Gasteiger partial charge in [-0.3, -0.25) is 9.59 Å². The van der Waals surface area contributed by atoms with Gasteiger partial charge in [0, 0.05) is 30.6 Å². The van der Waals surface area contributed by atoms with E-state index in [9.17, 15) is 9.59 Å². The predicted octanol–water partition coefficient (Wildman–Crippen LogP) is 1.42. The Morgan fingerprint density at radius 1 is 1.50 bits per heavy atom. The standard InChI is InChI=1S/C13H21N3O2S.ClH/c1-10-8-19-12(18)16(10)7-4-11(17)15-13(9-14)5-2-3-6-13;/h8H,2-7,9,14H2,1H3,(H,15,17);1H. The summed E-state index contributed by atoms with van der Waals surface area (Å²) < 4.78 is 1.65. The normalized spacial score (nSPS) is 16.7. The number of rotatable bonds is 5. The fraction of sp³-hybridized carbons (Fsp3) is 0.692. The number of nitrogens with two attached hydrogens (primary N) is 1. The summed E-state index contributed by atoms with van der Waals surface area (Å²) in [5, 5.41) is 4.89. The number of amides is 1. The summed E-state index contributed by atoms with van der Waals surface area (Å²) in [5.74, 6) is -0.00940. The van der Waals surface area contributed by atoms with E-state index in [1.54, 1.807) is 4.57 Å². The molecule has 0 unspecified atom stereocenters. The molecular weight excluding hydrogens is 298 g/mol. The number of nitrogens with zero attached hydrogens (tertiary/aromatic N) is 1. The molecule has 0 radical (unpaired) electrons. The number of aromatic nitrogens is 1. The highest BCUT2D eigenvalue weighted by molar-refractivity contribution is 7.07. The lowest BCUT2D eigenvalue weighted by Gasteiger charge is -2.28. The zero-order chi connectivity index (χ0) is 13.9. The van der Waals surface area contributed by atoms with Crippen molar-refractivity contribution < 1.29 is 4.79 Å². The number of thiazole rings is 1. The van der Waals surface area contributed by atoms with Crippen LogP contribution in [0.2, 0.25) is 0 Å². The Kier molecular flexibility index (Phi) is 6.23. The van der Waals surface area contributed by atoms with E-state index in [4.69, 9.17) is 5.73 Å². The second-order valence-corrected chi connectivity index (χ2v) is 6.11. The largest absolute Gasteiger partial charge is 0.349 e. The van der Waals surface area contributed by atoms with Gasteiger partial charge >= 0.3 is 4.87 Å². The van der Waals surface area contributed by atoms with Gasteiger partial charge < -0.3 is 15.6 Å². The Morgan fingerprint density at radius 2 is 2.15 bits per heavy atom. The molecular formula is C13H22ClN3O2S. The topological polar surface area (TPSA) is 77.1 Å². The number of aryl methyl sites for hydroxylation is 1. The van der Waals surface area contributed by atoms with Gasteiger partial charge in [-0.25, -0.2) is 0 Å². The molecule has 0 atom stereocenters. The summed E-state index contributed by atoms with van der Waals surface area (Å²) >= 11 is 1.18. The van der Waals surface area contributed by atoms with Crippen LogP contribution in [0.1, 0.15) is 37.8 Å². The molecule has 1 amide bonds. The van der Waals surface area contributed by atoms with E-state index < -0.39 is 0 Å². The maximum absolute atomic E-state index is 12.0. The summed E-state index contributed by atoms with van der Waals surface area (Å²) in [6.07, 6.45) is 4.51. The minimum Gasteiger partial charge on any atom is -0.349 e. The number of hydrogen-bond donors (Lipinski definition) is 2. The van der Waals surface area contributed by atoms with Crippen LogP contribution in [0.5, 0.6) is 0 Å². The molecule has 2 rings (SSSR count). The monoisotopic (exact) mass is 319 g/mol. The summed E-state index contributed by atoms with van der Waals surface area (Å²) in [5.41, 5.74) is 6.50. The van der Waals surface area contributed by atoms with Gasteiger partial charge in [-0.2, -0.15) is 0 Å². The van der Waals surface area contributed by atoms with Crippen LogP contribution in [-0.4, -0.2) is 22.6 Å². The predicted molar refractivity (Wildman–Crippen MR) is 83.6 cm³/mol. The second-order valence-electron chi connectivity index (χ2n) is 5.28. The van der Waals surface area contributed by atoms with Crippen molar-refractivity contribution in [2.75, 3.05) is 6.54 Å². The van der Waals surface area contributed by atoms with Crippen molar-refractivity contribution in [2.45, 2.75) is 51.1 Å². The SMILES string of the molecule is Cc1csc(=O)n1CCC(=O)NC1(CN)CCCC1.Cl. The molecule has 5 nitrogen and oxygen atoms in total. The number of nitrogens with one attached hydrogen (secondary N) is 1. The molecule has 1 saturated carbocycles. The van der Waals surface area contributed by atoms with E-state index >= 15 is 0 Å². The molecule has 0 aliphatic heterocycles. The van der Waals surface area contributed by atoms with Crippen molar-refractivity contribution in [1.82, 2.24) is 9.88 Å². The molecule has 0 saturated heterocycles. The highest BCUT2D eigenvalue weighted by Gasteiger charge is 2.33. The molecule has 3 N–H and O–H groups in total. The van der Waals surface area contributed by atoms with Crippen molar-refractivity contribution in [2.24, 2.45) is 5.73 Å². The minimum absolute atomic E-state index is 0. The van der Waals surface area contributed by atoms with E-state index in [1.807, 2.05) is 12.3 Å². The van der Waals surface area contributed by atoms with Gasteiger partial charge in [0.05, 0.1) is 5.54 Å². The minimum atomic E-state index is -0.203. The molecule has 1 aromatic rings. The molecule has 0 spiro atoms. The maximum Gasteiger partial charge on any atom is 0.307 e. The first kappa shape index (κ1) is 17.2. The van der Waals surface area contributed by atoms with Crippen LogP contribution in [-0.2, 0) is 11.3 Å². The highest BCUT2D eigenvalue weighted by atomic mass is 35.5. The van der Waals surface area contributed by atoms with Crippen LogP contribution in [0.3, 0.4) is 0 Å². The van der Waals surface area contributed by atoms with E-state index in [0.29, 0.717) is 19.5 Å². The van der Waals surface area contributed by atoms with Gasteiger partial charge in [0.25, 0.3) is 0 Å².